The molecule has 0 fully saturated rings. The van der Waals surface area contributed by atoms with Crippen LogP contribution in [0, 0.1) is 30.0 Å². The van der Waals surface area contributed by atoms with Gasteiger partial charge in [-0.1, -0.05) is 48.2 Å². The first-order valence-electron chi connectivity index (χ1n) is 10.2. The average molecular weight is 418 g/mol. The molecule has 0 aliphatic carbocycles. The molecular formula is C27H28FNO2. The first-order chi connectivity index (χ1) is 14.9. The zero-order valence-corrected chi connectivity index (χ0v) is 18.5. The molecule has 31 heavy (non-hydrogen) atoms. The minimum Gasteiger partial charge on any atom is -0.488 e. The van der Waals surface area contributed by atoms with Crippen LogP contribution in [-0.2, 0) is 11.3 Å². The third-order valence-electron chi connectivity index (χ3n) is 4.73. The lowest BCUT2D eigenvalue weighted by molar-refractivity contribution is 0.137. The number of aryl methyl sites for hydroxylation is 1. The van der Waals surface area contributed by atoms with Gasteiger partial charge in [0.25, 0.3) is 0 Å². The number of hydrogen-bond donors (Lipinski definition) is 1. The van der Waals surface area contributed by atoms with Crippen molar-refractivity contribution >= 4 is 11.4 Å². The van der Waals surface area contributed by atoms with Crippen LogP contribution in [0.1, 0.15) is 30.5 Å². The van der Waals surface area contributed by atoms with E-state index in [1.807, 2.05) is 62.4 Å². The maximum absolute atomic E-state index is 13.7. The lowest BCUT2D eigenvalue weighted by Gasteiger charge is -2.17. The van der Waals surface area contributed by atoms with Crippen molar-refractivity contribution in [2.24, 2.45) is 5.41 Å². The van der Waals surface area contributed by atoms with Crippen LogP contribution in [0.25, 0.3) is 0 Å². The van der Waals surface area contributed by atoms with Gasteiger partial charge in [0, 0.05) is 18.2 Å². The summed E-state index contributed by atoms with van der Waals surface area (Å²) < 4.78 is 25.1. The molecule has 0 heterocycles. The molecule has 0 bridgehead atoms. The molecule has 0 atom stereocenters. The molecule has 160 valence electrons. The largest absolute Gasteiger partial charge is 0.488 e. The molecular weight excluding hydrogens is 389 g/mol. The second-order valence-electron chi connectivity index (χ2n) is 8.11. The summed E-state index contributed by atoms with van der Waals surface area (Å²) in [6.45, 7) is 6.78. The number of anilines is 2. The van der Waals surface area contributed by atoms with Gasteiger partial charge in [-0.25, -0.2) is 4.39 Å². The fourth-order valence-electron chi connectivity index (χ4n) is 3.13. The van der Waals surface area contributed by atoms with E-state index < -0.39 is 0 Å². The van der Waals surface area contributed by atoms with Crippen molar-refractivity contribution < 1.29 is 13.9 Å². The van der Waals surface area contributed by atoms with Crippen LogP contribution in [-0.4, -0.2) is 13.7 Å². The lowest BCUT2D eigenvalue weighted by atomic mass is 9.95. The van der Waals surface area contributed by atoms with Gasteiger partial charge in [-0.15, -0.1) is 0 Å². The van der Waals surface area contributed by atoms with Crippen LogP contribution in [0.5, 0.6) is 5.75 Å². The normalized spacial score (nSPS) is 10.9. The Morgan fingerprint density at radius 3 is 2.48 bits per heavy atom. The Bertz CT molecular complexity index is 1080. The standard InChI is InChI=1S/C27H28FNO2/c1-20-17-22(13-14-24(20)28)29-25-11-8-12-26(31-18-21-9-6-5-7-10-21)23(25)15-16-27(2,3)19-30-4/h5-14,17,29H,18-19H2,1-4H3. The highest BCUT2D eigenvalue weighted by Gasteiger charge is 2.15. The van der Waals surface area contributed by atoms with Crippen molar-refractivity contribution in [1.29, 1.82) is 0 Å². The predicted molar refractivity (Wildman–Crippen MR) is 124 cm³/mol. The Morgan fingerprint density at radius 1 is 1.00 bits per heavy atom. The van der Waals surface area contributed by atoms with Crippen LogP contribution in [0.15, 0.2) is 66.7 Å². The number of ether oxygens (including phenoxy) is 2. The number of rotatable bonds is 7. The van der Waals surface area contributed by atoms with Gasteiger partial charge in [0.1, 0.15) is 18.2 Å². The molecule has 3 rings (SSSR count). The van der Waals surface area contributed by atoms with Gasteiger partial charge < -0.3 is 14.8 Å². The maximum Gasteiger partial charge on any atom is 0.137 e. The van der Waals surface area contributed by atoms with E-state index in [9.17, 15) is 4.39 Å². The Balaban J connectivity index is 1.96. The molecule has 0 aliphatic rings. The highest BCUT2D eigenvalue weighted by Crippen LogP contribution is 2.30. The Labute approximate surface area is 184 Å². The number of methoxy groups -OCH3 is 1. The molecule has 0 aliphatic heterocycles. The maximum atomic E-state index is 13.7. The fourth-order valence-corrected chi connectivity index (χ4v) is 3.13. The summed E-state index contributed by atoms with van der Waals surface area (Å²) in [6, 6.07) is 20.7. The minimum atomic E-state index is -0.314. The van der Waals surface area contributed by atoms with Crippen molar-refractivity contribution in [3.05, 3.63) is 89.2 Å². The zero-order valence-electron chi connectivity index (χ0n) is 18.5. The molecule has 0 saturated heterocycles. The van der Waals surface area contributed by atoms with Crippen LogP contribution >= 0.6 is 0 Å². The number of halogens is 1. The lowest BCUT2D eigenvalue weighted by Crippen LogP contribution is -2.15. The third kappa shape index (κ3) is 6.34. The van der Waals surface area contributed by atoms with E-state index in [4.69, 9.17) is 9.47 Å². The summed E-state index contributed by atoms with van der Waals surface area (Å²) in [7, 11) is 1.67. The highest BCUT2D eigenvalue weighted by atomic mass is 19.1. The van der Waals surface area contributed by atoms with Gasteiger partial charge in [-0.3, -0.25) is 0 Å². The summed E-state index contributed by atoms with van der Waals surface area (Å²) >= 11 is 0. The average Bonchev–Trinajstić information content (AvgIpc) is 2.75. The zero-order chi connectivity index (χ0) is 22.3. The monoisotopic (exact) mass is 417 g/mol. The third-order valence-corrected chi connectivity index (χ3v) is 4.73. The second-order valence-corrected chi connectivity index (χ2v) is 8.11. The summed E-state index contributed by atoms with van der Waals surface area (Å²) in [5.74, 6) is 7.06. The number of hydrogen-bond acceptors (Lipinski definition) is 3. The van der Waals surface area contributed by atoms with Crippen LogP contribution in [0.2, 0.25) is 0 Å². The first-order valence-corrected chi connectivity index (χ1v) is 10.2. The SMILES string of the molecule is COCC(C)(C)C#Cc1c(Nc2ccc(F)c(C)c2)cccc1OCc1ccccc1. The molecule has 0 radical (unpaired) electrons. The molecule has 3 nitrogen and oxygen atoms in total. The van der Waals surface area contributed by atoms with E-state index in [0.29, 0.717) is 24.5 Å². The Hall–Kier alpha value is -3.29. The summed E-state index contributed by atoms with van der Waals surface area (Å²) in [5, 5.41) is 3.37. The van der Waals surface area contributed by atoms with Gasteiger partial charge in [-0.2, -0.15) is 0 Å². The van der Waals surface area contributed by atoms with Crippen molar-refractivity contribution in [3.63, 3.8) is 0 Å². The van der Waals surface area contributed by atoms with Crippen LogP contribution < -0.4 is 10.1 Å². The van der Waals surface area contributed by atoms with Gasteiger partial charge in [-0.05, 0) is 62.2 Å². The molecule has 0 amide bonds. The van der Waals surface area contributed by atoms with E-state index in [-0.39, 0.29) is 11.2 Å². The van der Waals surface area contributed by atoms with E-state index in [0.717, 1.165) is 22.5 Å². The molecule has 3 aromatic rings. The first kappa shape index (κ1) is 22.4. The van der Waals surface area contributed by atoms with Crippen molar-refractivity contribution in [2.75, 3.05) is 19.0 Å². The fraction of sp³-hybridized carbons (Fsp3) is 0.259. The predicted octanol–water partition coefficient (Wildman–Crippen LogP) is 6.48. The van der Waals surface area contributed by atoms with Gasteiger partial charge in [0.2, 0.25) is 0 Å². The molecule has 0 aromatic heterocycles. The Kier molecular flexibility index (Phi) is 7.33. The van der Waals surface area contributed by atoms with Crippen LogP contribution in [0.3, 0.4) is 0 Å². The van der Waals surface area contributed by atoms with Gasteiger partial charge in [0.15, 0.2) is 0 Å². The number of benzene rings is 3. The van der Waals surface area contributed by atoms with E-state index in [1.54, 1.807) is 26.2 Å². The van der Waals surface area contributed by atoms with Gasteiger partial charge >= 0.3 is 0 Å². The summed E-state index contributed by atoms with van der Waals surface area (Å²) in [6.07, 6.45) is 0. The quantitative estimate of drug-likeness (QED) is 0.446. The minimum absolute atomic E-state index is 0.230. The topological polar surface area (TPSA) is 30.5 Å². The smallest absolute Gasteiger partial charge is 0.137 e. The van der Waals surface area contributed by atoms with E-state index >= 15 is 0 Å². The van der Waals surface area contributed by atoms with Gasteiger partial charge in [0.05, 0.1) is 17.9 Å². The van der Waals surface area contributed by atoms with E-state index in [1.165, 1.54) is 6.07 Å². The molecule has 0 spiro atoms. The molecule has 4 heteroatoms. The Morgan fingerprint density at radius 2 is 1.77 bits per heavy atom. The van der Waals surface area contributed by atoms with Crippen LogP contribution in [0.4, 0.5) is 15.8 Å². The highest BCUT2D eigenvalue weighted by molar-refractivity contribution is 5.71. The van der Waals surface area contributed by atoms with Crippen molar-refractivity contribution in [1.82, 2.24) is 0 Å². The summed E-state index contributed by atoms with van der Waals surface area (Å²) in [5.41, 5.74) is 3.69. The molecule has 1 N–H and O–H groups in total. The van der Waals surface area contributed by atoms with Crippen molar-refractivity contribution in [2.45, 2.75) is 27.4 Å². The second kappa shape index (κ2) is 10.1. The molecule has 3 aromatic carbocycles. The van der Waals surface area contributed by atoms with E-state index in [2.05, 4.69) is 17.2 Å². The molecule has 0 saturated carbocycles. The molecule has 0 unspecified atom stereocenters. The van der Waals surface area contributed by atoms with Crippen molar-refractivity contribution in [3.8, 4) is 17.6 Å². The number of nitrogens with one attached hydrogen (secondary N) is 1. The summed E-state index contributed by atoms with van der Waals surface area (Å²) in [4.78, 5) is 0.